The SMILES string of the molecule is C[C@H]1C[C@@](O)(c2ccc(Sc3cccc4c3N(C)C(=O)CC4)s2)CCO1. The number of aliphatic hydroxyl groups is 1. The van der Waals surface area contributed by atoms with Crippen LogP contribution in [0.15, 0.2) is 39.4 Å². The molecule has 3 heterocycles. The monoisotopic (exact) mass is 389 g/mol. The lowest BCUT2D eigenvalue weighted by molar-refractivity contribution is -0.118. The van der Waals surface area contributed by atoms with Crippen molar-refractivity contribution in [3.8, 4) is 0 Å². The number of hydrogen-bond acceptors (Lipinski definition) is 5. The Morgan fingerprint density at radius 2 is 2.15 bits per heavy atom. The Bertz CT molecular complexity index is 834. The molecule has 1 amide bonds. The Morgan fingerprint density at radius 3 is 2.96 bits per heavy atom. The first-order valence-electron chi connectivity index (χ1n) is 8.97. The van der Waals surface area contributed by atoms with E-state index < -0.39 is 5.60 Å². The van der Waals surface area contributed by atoms with Gasteiger partial charge in [0.15, 0.2) is 0 Å². The molecule has 0 saturated carbocycles. The largest absolute Gasteiger partial charge is 0.384 e. The van der Waals surface area contributed by atoms with Crippen molar-refractivity contribution in [2.45, 2.75) is 53.4 Å². The van der Waals surface area contributed by atoms with Crippen LogP contribution in [-0.4, -0.2) is 30.8 Å². The maximum absolute atomic E-state index is 12.1. The summed E-state index contributed by atoms with van der Waals surface area (Å²) >= 11 is 3.32. The van der Waals surface area contributed by atoms with Crippen molar-refractivity contribution in [1.29, 1.82) is 0 Å². The lowest BCUT2D eigenvalue weighted by atomic mass is 9.89. The summed E-state index contributed by atoms with van der Waals surface area (Å²) in [5.41, 5.74) is 1.47. The van der Waals surface area contributed by atoms with Gasteiger partial charge in [-0.05, 0) is 37.1 Å². The minimum absolute atomic E-state index is 0.0766. The number of benzene rings is 1. The van der Waals surface area contributed by atoms with E-state index in [1.165, 1.54) is 5.56 Å². The topological polar surface area (TPSA) is 49.8 Å². The zero-order valence-corrected chi connectivity index (χ0v) is 16.7. The summed E-state index contributed by atoms with van der Waals surface area (Å²) in [6.45, 7) is 2.60. The highest BCUT2D eigenvalue weighted by Gasteiger charge is 2.36. The van der Waals surface area contributed by atoms with Gasteiger partial charge in [0.05, 0.1) is 22.6 Å². The molecular formula is C20H23NO3S2. The van der Waals surface area contributed by atoms with Gasteiger partial charge in [0.25, 0.3) is 0 Å². The number of rotatable bonds is 3. The molecule has 138 valence electrons. The number of carbonyl (C=O) groups excluding carboxylic acids is 1. The van der Waals surface area contributed by atoms with E-state index in [1.807, 2.05) is 20.0 Å². The van der Waals surface area contributed by atoms with Crippen LogP contribution in [0.4, 0.5) is 5.69 Å². The third kappa shape index (κ3) is 3.31. The van der Waals surface area contributed by atoms with Crippen molar-refractivity contribution in [3.05, 3.63) is 40.8 Å². The minimum Gasteiger partial charge on any atom is -0.384 e. The van der Waals surface area contributed by atoms with Crippen molar-refractivity contribution in [2.24, 2.45) is 0 Å². The highest BCUT2D eigenvalue weighted by molar-refractivity contribution is 8.01. The number of fused-ring (bicyclic) bond motifs is 1. The Morgan fingerprint density at radius 1 is 1.31 bits per heavy atom. The molecule has 1 fully saturated rings. The molecule has 2 aromatic rings. The second-order valence-corrected chi connectivity index (χ2v) is 9.53. The van der Waals surface area contributed by atoms with E-state index in [4.69, 9.17) is 4.74 Å². The van der Waals surface area contributed by atoms with Gasteiger partial charge >= 0.3 is 0 Å². The highest BCUT2D eigenvalue weighted by atomic mass is 32.2. The maximum Gasteiger partial charge on any atom is 0.227 e. The number of anilines is 1. The van der Waals surface area contributed by atoms with E-state index in [9.17, 15) is 9.90 Å². The van der Waals surface area contributed by atoms with Gasteiger partial charge in [-0.2, -0.15) is 0 Å². The second-order valence-electron chi connectivity index (χ2n) is 7.10. The van der Waals surface area contributed by atoms with Gasteiger partial charge in [-0.3, -0.25) is 4.79 Å². The van der Waals surface area contributed by atoms with Crippen molar-refractivity contribution in [3.63, 3.8) is 0 Å². The van der Waals surface area contributed by atoms with E-state index in [-0.39, 0.29) is 12.0 Å². The highest BCUT2D eigenvalue weighted by Crippen LogP contribution is 2.45. The Balaban J connectivity index is 1.60. The predicted octanol–water partition coefficient (Wildman–Crippen LogP) is 4.19. The van der Waals surface area contributed by atoms with E-state index in [0.717, 1.165) is 26.1 Å². The van der Waals surface area contributed by atoms with Crippen LogP contribution in [-0.2, 0) is 21.6 Å². The van der Waals surface area contributed by atoms with Crippen molar-refractivity contribution >= 4 is 34.7 Å². The molecule has 4 nitrogen and oxygen atoms in total. The summed E-state index contributed by atoms with van der Waals surface area (Å²) in [7, 11) is 1.86. The molecule has 0 unspecified atom stereocenters. The van der Waals surface area contributed by atoms with Crippen LogP contribution in [0.1, 0.15) is 36.6 Å². The Hall–Kier alpha value is -1.34. The van der Waals surface area contributed by atoms with Crippen LogP contribution >= 0.6 is 23.1 Å². The third-order valence-corrected chi connectivity index (χ3v) is 7.65. The quantitative estimate of drug-likeness (QED) is 0.855. The van der Waals surface area contributed by atoms with Crippen LogP contribution in [0.3, 0.4) is 0 Å². The fourth-order valence-corrected chi connectivity index (χ4v) is 6.22. The van der Waals surface area contributed by atoms with Gasteiger partial charge in [0.1, 0.15) is 5.60 Å². The minimum atomic E-state index is -0.788. The summed E-state index contributed by atoms with van der Waals surface area (Å²) in [6.07, 6.45) is 2.73. The second kappa shape index (κ2) is 7.00. The van der Waals surface area contributed by atoms with Crippen molar-refractivity contribution in [2.75, 3.05) is 18.6 Å². The molecule has 1 saturated heterocycles. The number of nitrogens with zero attached hydrogens (tertiary/aromatic N) is 1. The van der Waals surface area contributed by atoms with Crippen LogP contribution in [0.25, 0.3) is 0 Å². The van der Waals surface area contributed by atoms with Crippen LogP contribution in [0, 0.1) is 0 Å². The van der Waals surface area contributed by atoms with E-state index in [1.54, 1.807) is 28.0 Å². The predicted molar refractivity (Wildman–Crippen MR) is 105 cm³/mol. The molecule has 2 aliphatic rings. The number of thiophene rings is 1. The van der Waals surface area contributed by atoms with Crippen molar-refractivity contribution < 1.29 is 14.6 Å². The smallest absolute Gasteiger partial charge is 0.227 e. The van der Waals surface area contributed by atoms with Gasteiger partial charge in [-0.1, -0.05) is 23.9 Å². The molecule has 0 radical (unpaired) electrons. The molecule has 1 N–H and O–H groups in total. The Labute approximate surface area is 162 Å². The van der Waals surface area contributed by atoms with Gasteiger partial charge in [0, 0.05) is 36.1 Å². The van der Waals surface area contributed by atoms with Crippen molar-refractivity contribution in [1.82, 2.24) is 0 Å². The van der Waals surface area contributed by atoms with E-state index >= 15 is 0 Å². The van der Waals surface area contributed by atoms with Gasteiger partial charge in [0.2, 0.25) is 5.91 Å². The lowest BCUT2D eigenvalue weighted by Crippen LogP contribution is -2.36. The average Bonchev–Trinajstić information content (AvgIpc) is 3.08. The Kier molecular flexibility index (Phi) is 4.86. The zero-order valence-electron chi connectivity index (χ0n) is 15.0. The first-order valence-corrected chi connectivity index (χ1v) is 10.6. The maximum atomic E-state index is 12.1. The summed E-state index contributed by atoms with van der Waals surface area (Å²) in [6, 6.07) is 10.4. The molecule has 1 aromatic heterocycles. The fraction of sp³-hybridized carbons (Fsp3) is 0.450. The summed E-state index contributed by atoms with van der Waals surface area (Å²) in [4.78, 5) is 16.0. The molecule has 4 rings (SSSR count). The number of ether oxygens (including phenoxy) is 1. The molecule has 0 bridgehead atoms. The lowest BCUT2D eigenvalue weighted by Gasteiger charge is -2.34. The third-order valence-electron chi connectivity index (χ3n) is 5.19. The van der Waals surface area contributed by atoms with E-state index in [2.05, 4.69) is 24.3 Å². The molecule has 0 aliphatic carbocycles. The van der Waals surface area contributed by atoms with Gasteiger partial charge < -0.3 is 14.7 Å². The fourth-order valence-electron chi connectivity index (χ4n) is 3.79. The summed E-state index contributed by atoms with van der Waals surface area (Å²) in [5, 5.41) is 11.0. The number of carbonyl (C=O) groups is 1. The average molecular weight is 390 g/mol. The van der Waals surface area contributed by atoms with Crippen LogP contribution in [0.2, 0.25) is 0 Å². The standard InChI is InChI=1S/C20H23NO3S2/c1-13-12-20(23,10-11-24-13)16-7-9-18(26-16)25-15-5-3-4-14-6-8-17(22)21(2)19(14)15/h3-5,7,9,13,23H,6,8,10-12H2,1-2H3/t13-,20+/m0/s1. The molecule has 26 heavy (non-hydrogen) atoms. The molecule has 0 spiro atoms. The molecule has 2 aliphatic heterocycles. The van der Waals surface area contributed by atoms with Gasteiger partial charge in [-0.15, -0.1) is 11.3 Å². The molecule has 1 aromatic carbocycles. The normalized spacial score (nSPS) is 26.0. The summed E-state index contributed by atoms with van der Waals surface area (Å²) < 4.78 is 6.72. The zero-order chi connectivity index (χ0) is 18.3. The molecular weight excluding hydrogens is 366 g/mol. The first kappa shape index (κ1) is 18.0. The van der Waals surface area contributed by atoms with Crippen LogP contribution in [0.5, 0.6) is 0 Å². The number of amides is 1. The number of hydrogen-bond donors (Lipinski definition) is 1. The van der Waals surface area contributed by atoms with E-state index in [0.29, 0.717) is 25.9 Å². The summed E-state index contributed by atoms with van der Waals surface area (Å²) in [5.74, 6) is 0.169. The first-order chi connectivity index (χ1) is 12.5. The number of aryl methyl sites for hydroxylation is 1. The molecule has 2 atom stereocenters. The van der Waals surface area contributed by atoms with Gasteiger partial charge in [-0.25, -0.2) is 0 Å². The van der Waals surface area contributed by atoms with Crippen LogP contribution < -0.4 is 4.90 Å². The number of para-hydroxylation sites is 1. The molecule has 6 heteroatoms.